The van der Waals surface area contributed by atoms with Gasteiger partial charge in [0.2, 0.25) is 0 Å². The lowest BCUT2D eigenvalue weighted by molar-refractivity contribution is 0.0606. The molecule has 1 saturated heterocycles. The zero-order valence-electron chi connectivity index (χ0n) is 20.5. The van der Waals surface area contributed by atoms with Crippen molar-refractivity contribution in [3.05, 3.63) is 82.7 Å². The Labute approximate surface area is 200 Å². The third-order valence-corrected chi connectivity index (χ3v) is 7.36. The molecule has 0 saturated carbocycles. The molecule has 2 heterocycles. The maximum atomic E-state index is 14.1. The van der Waals surface area contributed by atoms with Crippen molar-refractivity contribution in [1.82, 2.24) is 14.9 Å². The molecule has 1 aliphatic rings. The molecule has 1 aliphatic heterocycles. The molecule has 174 valence electrons. The number of hydrogen-bond donors (Lipinski definition) is 1. The number of fused-ring (bicyclic) bond motifs is 1. The molecule has 3 aromatic carbocycles. The smallest absolute Gasteiger partial charge is 0.255 e. The number of imidazole rings is 1. The minimum absolute atomic E-state index is 0.0369. The second-order valence-corrected chi connectivity index (χ2v) is 9.60. The molecule has 4 aromatic rings. The number of aryl methyl sites for hydroxylation is 3. The van der Waals surface area contributed by atoms with E-state index in [9.17, 15) is 4.79 Å². The number of benzene rings is 3. The zero-order chi connectivity index (χ0) is 24.0. The summed E-state index contributed by atoms with van der Waals surface area (Å²) in [5, 5.41) is 0. The van der Waals surface area contributed by atoms with Gasteiger partial charge in [0.1, 0.15) is 11.6 Å². The zero-order valence-corrected chi connectivity index (χ0v) is 20.5. The van der Waals surface area contributed by atoms with Crippen LogP contribution in [0.2, 0.25) is 0 Å². The summed E-state index contributed by atoms with van der Waals surface area (Å²) in [7, 11) is 1.66. The van der Waals surface area contributed by atoms with Crippen LogP contribution < -0.4 is 4.74 Å². The van der Waals surface area contributed by atoms with Crippen LogP contribution in [0.3, 0.4) is 0 Å². The van der Waals surface area contributed by atoms with Gasteiger partial charge in [-0.2, -0.15) is 0 Å². The van der Waals surface area contributed by atoms with E-state index >= 15 is 0 Å². The van der Waals surface area contributed by atoms with Crippen molar-refractivity contribution in [2.45, 2.75) is 46.1 Å². The Kier molecular flexibility index (Phi) is 5.43. The van der Waals surface area contributed by atoms with Gasteiger partial charge in [-0.3, -0.25) is 4.79 Å². The normalized spacial score (nSPS) is 18.0. The largest absolute Gasteiger partial charge is 0.497 e. The number of likely N-dealkylation sites (tertiary alicyclic amines) is 1. The van der Waals surface area contributed by atoms with Crippen LogP contribution in [0.15, 0.2) is 54.6 Å². The van der Waals surface area contributed by atoms with Crippen molar-refractivity contribution in [3.8, 4) is 16.9 Å². The first-order valence-corrected chi connectivity index (χ1v) is 11.9. The van der Waals surface area contributed by atoms with Crippen LogP contribution in [-0.4, -0.2) is 34.4 Å². The highest BCUT2D eigenvalue weighted by atomic mass is 16.5. The third-order valence-electron chi connectivity index (χ3n) is 7.36. The van der Waals surface area contributed by atoms with Gasteiger partial charge in [0.15, 0.2) is 0 Å². The number of H-pyrrole nitrogens is 1. The van der Waals surface area contributed by atoms with Gasteiger partial charge in [-0.05, 0) is 87.1 Å². The fraction of sp³-hybridized carbons (Fsp3) is 0.310. The van der Waals surface area contributed by atoms with Gasteiger partial charge in [-0.15, -0.1) is 0 Å². The fourth-order valence-electron chi connectivity index (χ4n) is 5.13. The number of aromatic amines is 1. The Balaban J connectivity index is 1.59. The summed E-state index contributed by atoms with van der Waals surface area (Å²) in [6.07, 6.45) is 1.81. The molecule has 0 radical (unpaired) electrons. The quantitative estimate of drug-likeness (QED) is 0.394. The molecule has 1 fully saturated rings. The minimum atomic E-state index is -0.494. The van der Waals surface area contributed by atoms with E-state index in [1.54, 1.807) is 7.11 Å². The van der Waals surface area contributed by atoms with Crippen LogP contribution in [0.25, 0.3) is 22.2 Å². The molecule has 0 aliphatic carbocycles. The van der Waals surface area contributed by atoms with E-state index in [2.05, 4.69) is 44.0 Å². The average molecular weight is 454 g/mol. The van der Waals surface area contributed by atoms with Gasteiger partial charge in [-0.1, -0.05) is 35.9 Å². The first-order valence-electron chi connectivity index (χ1n) is 11.9. The minimum Gasteiger partial charge on any atom is -0.497 e. The predicted octanol–water partition coefficient (Wildman–Crippen LogP) is 6.32. The first-order chi connectivity index (χ1) is 16.3. The number of nitrogens with zero attached hydrogens (tertiary/aromatic N) is 2. The van der Waals surface area contributed by atoms with Crippen molar-refractivity contribution in [1.29, 1.82) is 0 Å². The molecule has 1 N–H and O–H groups in total. The monoisotopic (exact) mass is 453 g/mol. The summed E-state index contributed by atoms with van der Waals surface area (Å²) in [6, 6.07) is 18.2. The van der Waals surface area contributed by atoms with Crippen LogP contribution in [0, 0.1) is 20.8 Å². The number of nitrogens with one attached hydrogen (secondary N) is 1. The van der Waals surface area contributed by atoms with E-state index in [1.165, 1.54) is 11.1 Å². The second-order valence-electron chi connectivity index (χ2n) is 9.60. The Bertz CT molecular complexity index is 1400. The molecule has 1 aromatic heterocycles. The lowest BCUT2D eigenvalue weighted by atomic mass is 9.94. The number of carbonyl (C=O) groups excluding carboxylic acids is 1. The van der Waals surface area contributed by atoms with E-state index in [1.807, 2.05) is 48.2 Å². The fourth-order valence-corrected chi connectivity index (χ4v) is 5.13. The molecule has 5 nitrogen and oxygen atoms in total. The highest BCUT2D eigenvalue weighted by Gasteiger charge is 2.44. The Morgan fingerprint density at radius 1 is 1.09 bits per heavy atom. The van der Waals surface area contributed by atoms with Crippen LogP contribution in [0.5, 0.6) is 5.75 Å². The molecule has 1 unspecified atom stereocenters. The lowest BCUT2D eigenvalue weighted by Crippen LogP contribution is -2.43. The van der Waals surface area contributed by atoms with Crippen molar-refractivity contribution < 1.29 is 9.53 Å². The molecular weight excluding hydrogens is 422 g/mol. The predicted molar refractivity (Wildman–Crippen MR) is 136 cm³/mol. The third kappa shape index (κ3) is 3.56. The topological polar surface area (TPSA) is 58.2 Å². The van der Waals surface area contributed by atoms with Crippen molar-refractivity contribution in [3.63, 3.8) is 0 Å². The van der Waals surface area contributed by atoms with Crippen molar-refractivity contribution in [2.75, 3.05) is 13.7 Å². The Morgan fingerprint density at radius 2 is 1.91 bits per heavy atom. The number of amides is 1. The van der Waals surface area contributed by atoms with Gasteiger partial charge in [0.05, 0.1) is 23.7 Å². The summed E-state index contributed by atoms with van der Waals surface area (Å²) in [6.45, 7) is 9.08. The molecule has 5 heteroatoms. The van der Waals surface area contributed by atoms with Gasteiger partial charge in [0, 0.05) is 12.1 Å². The number of ether oxygens (including phenoxy) is 1. The van der Waals surface area contributed by atoms with Crippen LogP contribution in [0.4, 0.5) is 0 Å². The molecule has 34 heavy (non-hydrogen) atoms. The highest BCUT2D eigenvalue weighted by Crippen LogP contribution is 2.40. The first kappa shape index (κ1) is 22.2. The SMILES string of the molecule is COc1cccc(-c2ccc(C)cc2C(=O)N2CCCC2(C)c2nc3c(C)c(C)ccc3[nH]2)c1. The highest BCUT2D eigenvalue weighted by molar-refractivity contribution is 6.01. The lowest BCUT2D eigenvalue weighted by Gasteiger charge is -2.34. The molecular formula is C29H31N3O2. The molecule has 1 atom stereocenters. The Morgan fingerprint density at radius 3 is 2.71 bits per heavy atom. The maximum Gasteiger partial charge on any atom is 0.255 e. The average Bonchev–Trinajstić information content (AvgIpc) is 3.46. The number of rotatable bonds is 4. The molecule has 0 bridgehead atoms. The number of carbonyl (C=O) groups is 1. The van der Waals surface area contributed by atoms with E-state index < -0.39 is 5.54 Å². The van der Waals surface area contributed by atoms with Crippen molar-refractivity contribution >= 4 is 16.9 Å². The van der Waals surface area contributed by atoms with Crippen molar-refractivity contribution in [2.24, 2.45) is 0 Å². The summed E-state index contributed by atoms with van der Waals surface area (Å²) in [4.78, 5) is 24.7. The van der Waals surface area contributed by atoms with Gasteiger partial charge in [-0.25, -0.2) is 4.98 Å². The number of methoxy groups -OCH3 is 1. The molecule has 0 spiro atoms. The van der Waals surface area contributed by atoms with E-state index in [4.69, 9.17) is 9.72 Å². The van der Waals surface area contributed by atoms with Crippen LogP contribution in [0.1, 0.15) is 52.6 Å². The van der Waals surface area contributed by atoms with E-state index in [-0.39, 0.29) is 5.91 Å². The van der Waals surface area contributed by atoms with Gasteiger partial charge >= 0.3 is 0 Å². The summed E-state index contributed by atoms with van der Waals surface area (Å²) in [5.41, 5.74) is 7.57. The van der Waals surface area contributed by atoms with Gasteiger partial charge < -0.3 is 14.6 Å². The maximum absolute atomic E-state index is 14.1. The summed E-state index contributed by atoms with van der Waals surface area (Å²) < 4.78 is 5.43. The standard InChI is InChI=1S/C29H31N3O2/c1-18-10-12-23(21-8-6-9-22(17-21)34-5)24(16-18)27(33)32-15-7-14-29(32,4)28-30-25-13-11-19(2)20(3)26(25)31-28/h6,8-13,16-17H,7,14-15H2,1-5H3,(H,30,31). The van der Waals surface area contributed by atoms with Gasteiger partial charge in [0.25, 0.3) is 5.91 Å². The van der Waals surface area contributed by atoms with E-state index in [0.29, 0.717) is 12.1 Å². The summed E-state index contributed by atoms with van der Waals surface area (Å²) >= 11 is 0. The van der Waals surface area contributed by atoms with Crippen LogP contribution in [-0.2, 0) is 5.54 Å². The number of hydrogen-bond acceptors (Lipinski definition) is 3. The molecule has 5 rings (SSSR count). The number of aromatic nitrogens is 2. The van der Waals surface area contributed by atoms with E-state index in [0.717, 1.165) is 52.1 Å². The summed E-state index contributed by atoms with van der Waals surface area (Å²) in [5.74, 6) is 1.67. The molecule has 1 amide bonds. The Hall–Kier alpha value is -3.60. The van der Waals surface area contributed by atoms with Crippen LogP contribution >= 0.6 is 0 Å². The second kappa shape index (κ2) is 8.32.